The Morgan fingerprint density at radius 3 is 3.12 bits per heavy atom. The van der Waals surface area contributed by atoms with Gasteiger partial charge >= 0.3 is 0 Å². The Kier molecular flexibility index (Phi) is 3.94. The zero-order chi connectivity index (χ0) is 17.6. The predicted octanol–water partition coefficient (Wildman–Crippen LogP) is 1.71. The van der Waals surface area contributed by atoms with Crippen LogP contribution < -0.4 is 0 Å². The van der Waals surface area contributed by atoms with Crippen molar-refractivity contribution >= 4 is 22.8 Å². The van der Waals surface area contributed by atoms with Crippen molar-refractivity contribution in [3.05, 3.63) is 29.8 Å². The fourth-order valence-electron chi connectivity index (χ4n) is 3.97. The number of benzene rings is 1. The summed E-state index contributed by atoms with van der Waals surface area (Å²) in [5.41, 5.74) is 1.35. The van der Waals surface area contributed by atoms with Crippen LogP contribution in [-0.4, -0.2) is 57.8 Å². The molecule has 2 saturated heterocycles. The number of carbonyl (C=O) groups is 2. The van der Waals surface area contributed by atoms with Gasteiger partial charge in [0.05, 0.1) is 17.1 Å². The molecule has 25 heavy (non-hydrogen) atoms. The number of aryl methyl sites for hydroxylation is 1. The van der Waals surface area contributed by atoms with Gasteiger partial charge in [0.2, 0.25) is 11.8 Å². The predicted molar refractivity (Wildman–Crippen MR) is 90.2 cm³/mol. The van der Waals surface area contributed by atoms with Crippen LogP contribution in [0.4, 0.5) is 4.39 Å². The van der Waals surface area contributed by atoms with Crippen molar-refractivity contribution in [1.82, 2.24) is 19.8 Å². The molecule has 4 rings (SSSR count). The third-order valence-corrected chi connectivity index (χ3v) is 5.47. The fraction of sp³-hybridized carbons (Fsp3) is 0.500. The lowest BCUT2D eigenvalue weighted by Crippen LogP contribution is -2.49. The maximum Gasteiger partial charge on any atom is 0.223 e. The molecule has 6 nitrogen and oxygen atoms in total. The summed E-state index contributed by atoms with van der Waals surface area (Å²) < 4.78 is 13.2. The van der Waals surface area contributed by atoms with E-state index in [1.54, 1.807) is 11.0 Å². The third-order valence-electron chi connectivity index (χ3n) is 5.47. The van der Waals surface area contributed by atoms with Gasteiger partial charge in [-0.3, -0.25) is 9.59 Å². The highest BCUT2D eigenvalue weighted by Gasteiger charge is 2.41. The van der Waals surface area contributed by atoms with Crippen molar-refractivity contribution in [1.29, 1.82) is 0 Å². The molecule has 1 N–H and O–H groups in total. The van der Waals surface area contributed by atoms with E-state index in [4.69, 9.17) is 0 Å². The van der Waals surface area contributed by atoms with Crippen LogP contribution in [0.3, 0.4) is 0 Å². The van der Waals surface area contributed by atoms with Crippen LogP contribution in [0.15, 0.2) is 18.2 Å². The van der Waals surface area contributed by atoms with Gasteiger partial charge in [0, 0.05) is 39.4 Å². The summed E-state index contributed by atoms with van der Waals surface area (Å²) >= 11 is 0. The van der Waals surface area contributed by atoms with Crippen molar-refractivity contribution in [2.75, 3.05) is 20.1 Å². The third kappa shape index (κ3) is 2.99. The zero-order valence-corrected chi connectivity index (χ0v) is 14.2. The number of aromatic amines is 1. The van der Waals surface area contributed by atoms with E-state index < -0.39 is 0 Å². The highest BCUT2D eigenvalue weighted by atomic mass is 19.1. The Balaban J connectivity index is 1.37. The highest BCUT2D eigenvalue weighted by Crippen LogP contribution is 2.31. The van der Waals surface area contributed by atoms with Gasteiger partial charge in [0.25, 0.3) is 0 Å². The van der Waals surface area contributed by atoms with Gasteiger partial charge in [-0.25, -0.2) is 9.37 Å². The van der Waals surface area contributed by atoms with Gasteiger partial charge in [-0.15, -0.1) is 0 Å². The molecule has 2 amide bonds. The largest absolute Gasteiger partial charge is 0.342 e. The number of H-pyrrole nitrogens is 1. The van der Waals surface area contributed by atoms with Crippen LogP contribution in [0.5, 0.6) is 0 Å². The molecular formula is C18H21FN4O2. The minimum absolute atomic E-state index is 0.0813. The summed E-state index contributed by atoms with van der Waals surface area (Å²) in [5.74, 6) is 1.03. The molecule has 2 fully saturated rings. The molecule has 7 heteroatoms. The topological polar surface area (TPSA) is 69.3 Å². The molecule has 1 aromatic carbocycles. The Labute approximate surface area is 145 Å². The summed E-state index contributed by atoms with van der Waals surface area (Å²) in [6.07, 6.45) is 2.35. The first kappa shape index (κ1) is 16.1. The number of nitrogens with zero attached hydrogens (tertiary/aromatic N) is 3. The monoisotopic (exact) mass is 344 g/mol. The molecule has 2 aliphatic rings. The molecular weight excluding hydrogens is 323 g/mol. The van der Waals surface area contributed by atoms with Crippen LogP contribution in [0.1, 0.15) is 25.1 Å². The van der Waals surface area contributed by atoms with Gasteiger partial charge < -0.3 is 14.8 Å². The summed E-state index contributed by atoms with van der Waals surface area (Å²) in [7, 11) is 1.83. The van der Waals surface area contributed by atoms with E-state index in [9.17, 15) is 14.0 Å². The average molecular weight is 344 g/mol. The summed E-state index contributed by atoms with van der Waals surface area (Å²) in [4.78, 5) is 35.5. The number of likely N-dealkylation sites (tertiary alicyclic amines) is 2. The molecule has 0 spiro atoms. The number of fused-ring (bicyclic) bond motifs is 2. The number of imidazole rings is 1. The average Bonchev–Trinajstić information content (AvgIpc) is 3.13. The van der Waals surface area contributed by atoms with Crippen LogP contribution in [0.2, 0.25) is 0 Å². The number of halogens is 1. The molecule has 1 aromatic heterocycles. The Morgan fingerprint density at radius 1 is 1.44 bits per heavy atom. The van der Waals surface area contributed by atoms with E-state index in [0.717, 1.165) is 6.42 Å². The smallest absolute Gasteiger partial charge is 0.223 e. The Bertz CT molecular complexity index is 834. The number of piperidine rings is 1. The number of amides is 2. The zero-order valence-electron chi connectivity index (χ0n) is 14.2. The molecule has 0 aliphatic carbocycles. The van der Waals surface area contributed by atoms with Crippen LogP contribution in [0, 0.1) is 11.7 Å². The van der Waals surface area contributed by atoms with Crippen molar-refractivity contribution < 1.29 is 14.0 Å². The molecule has 0 saturated carbocycles. The number of rotatable bonds is 3. The molecule has 2 atom stereocenters. The van der Waals surface area contributed by atoms with Gasteiger partial charge in [-0.2, -0.15) is 0 Å². The summed E-state index contributed by atoms with van der Waals surface area (Å²) in [6, 6.07) is 4.57. The van der Waals surface area contributed by atoms with Gasteiger partial charge in [0.15, 0.2) is 0 Å². The van der Waals surface area contributed by atoms with Crippen molar-refractivity contribution in [3.63, 3.8) is 0 Å². The first-order valence-corrected chi connectivity index (χ1v) is 8.69. The van der Waals surface area contributed by atoms with Crippen LogP contribution in [-0.2, 0) is 16.0 Å². The lowest BCUT2D eigenvalue weighted by molar-refractivity contribution is -0.135. The standard InChI is InChI=1S/C18H21FN4O2/c1-22-15-10-23(7-6-11(15)8-18(22)25)17(24)5-4-16-20-13-3-2-12(19)9-14(13)21-16/h2-3,9,11,15H,4-8,10H2,1H3,(H,20,21)/t11-,15-/m1/s1. The van der Waals surface area contributed by atoms with Gasteiger partial charge in [-0.05, 0) is 30.5 Å². The van der Waals surface area contributed by atoms with Crippen LogP contribution >= 0.6 is 0 Å². The van der Waals surface area contributed by atoms with Crippen molar-refractivity contribution in [2.24, 2.45) is 5.92 Å². The van der Waals surface area contributed by atoms with E-state index >= 15 is 0 Å². The van der Waals surface area contributed by atoms with E-state index in [1.165, 1.54) is 12.1 Å². The van der Waals surface area contributed by atoms with E-state index in [2.05, 4.69) is 9.97 Å². The number of likely N-dealkylation sites (N-methyl/N-ethyl adjacent to an activating group) is 1. The highest BCUT2D eigenvalue weighted by molar-refractivity contribution is 5.80. The summed E-state index contributed by atoms with van der Waals surface area (Å²) in [5, 5.41) is 0. The number of carbonyl (C=O) groups excluding carboxylic acids is 2. The van der Waals surface area contributed by atoms with Crippen molar-refractivity contribution in [2.45, 2.75) is 31.7 Å². The lowest BCUT2D eigenvalue weighted by Gasteiger charge is -2.37. The molecule has 2 aliphatic heterocycles. The fourth-order valence-corrected chi connectivity index (χ4v) is 3.97. The lowest BCUT2D eigenvalue weighted by atomic mass is 9.92. The van der Waals surface area contributed by atoms with E-state index in [0.29, 0.717) is 55.1 Å². The minimum atomic E-state index is -0.308. The Hall–Kier alpha value is -2.44. The van der Waals surface area contributed by atoms with Gasteiger partial charge in [-0.1, -0.05) is 0 Å². The molecule has 3 heterocycles. The maximum atomic E-state index is 13.2. The molecule has 0 bridgehead atoms. The van der Waals surface area contributed by atoms with E-state index in [1.807, 2.05) is 11.9 Å². The number of hydrogen-bond acceptors (Lipinski definition) is 3. The van der Waals surface area contributed by atoms with Crippen molar-refractivity contribution in [3.8, 4) is 0 Å². The molecule has 0 radical (unpaired) electrons. The first-order valence-electron chi connectivity index (χ1n) is 8.69. The Morgan fingerprint density at radius 2 is 2.28 bits per heavy atom. The van der Waals surface area contributed by atoms with Gasteiger partial charge in [0.1, 0.15) is 11.6 Å². The molecule has 0 unspecified atom stereocenters. The minimum Gasteiger partial charge on any atom is -0.342 e. The number of hydrogen-bond donors (Lipinski definition) is 1. The second kappa shape index (κ2) is 6.13. The second-order valence-corrected chi connectivity index (χ2v) is 7.01. The van der Waals surface area contributed by atoms with Crippen LogP contribution in [0.25, 0.3) is 11.0 Å². The first-order chi connectivity index (χ1) is 12.0. The SMILES string of the molecule is CN1C(=O)C[C@H]2CCN(C(=O)CCc3nc4ccc(F)cc4[nH]3)C[C@H]21. The number of nitrogens with one attached hydrogen (secondary N) is 1. The summed E-state index contributed by atoms with van der Waals surface area (Å²) in [6.45, 7) is 1.34. The normalized spacial score (nSPS) is 23.4. The van der Waals surface area contributed by atoms with E-state index in [-0.39, 0.29) is 23.7 Å². The quantitative estimate of drug-likeness (QED) is 0.922. The number of aromatic nitrogens is 2. The second-order valence-electron chi connectivity index (χ2n) is 7.01. The molecule has 132 valence electrons. The molecule has 2 aromatic rings. The maximum absolute atomic E-state index is 13.2.